The van der Waals surface area contributed by atoms with Gasteiger partial charge in [0.05, 0.1) is 25.4 Å². The maximum Gasteiger partial charge on any atom is 0.310 e. The van der Waals surface area contributed by atoms with E-state index in [1.54, 1.807) is 0 Å². The standard InChI is InChI=1S/C8H9FN2O2/c1-13-7(12)3-5-2-6(10)4-11-8(5)9/h2,4H,3,10H2,1H3. The van der Waals surface area contributed by atoms with Crippen molar-refractivity contribution in [2.24, 2.45) is 0 Å². The second kappa shape index (κ2) is 3.84. The third-order valence-electron chi connectivity index (χ3n) is 1.50. The van der Waals surface area contributed by atoms with E-state index in [4.69, 9.17) is 5.73 Å². The summed E-state index contributed by atoms with van der Waals surface area (Å²) in [6.45, 7) is 0. The molecule has 5 heteroatoms. The molecule has 2 N–H and O–H groups in total. The summed E-state index contributed by atoms with van der Waals surface area (Å²) in [7, 11) is 1.24. The van der Waals surface area contributed by atoms with Gasteiger partial charge < -0.3 is 10.5 Å². The fourth-order valence-electron chi connectivity index (χ4n) is 0.864. The molecular weight excluding hydrogens is 175 g/mol. The fourth-order valence-corrected chi connectivity index (χ4v) is 0.864. The molecule has 0 aromatic carbocycles. The van der Waals surface area contributed by atoms with Gasteiger partial charge in [-0.2, -0.15) is 4.39 Å². The third-order valence-corrected chi connectivity index (χ3v) is 1.50. The van der Waals surface area contributed by atoms with Crippen molar-refractivity contribution in [1.29, 1.82) is 0 Å². The summed E-state index contributed by atoms with van der Waals surface area (Å²) in [5.41, 5.74) is 5.83. The van der Waals surface area contributed by atoms with Crippen LogP contribution in [0.15, 0.2) is 12.3 Å². The van der Waals surface area contributed by atoms with E-state index >= 15 is 0 Å². The van der Waals surface area contributed by atoms with Gasteiger partial charge in [-0.25, -0.2) is 4.98 Å². The van der Waals surface area contributed by atoms with Gasteiger partial charge in [-0.3, -0.25) is 4.79 Å². The number of pyridine rings is 1. The Balaban J connectivity index is 2.87. The number of nitrogens with zero attached hydrogens (tertiary/aromatic N) is 1. The maximum atomic E-state index is 12.9. The van der Waals surface area contributed by atoms with Crippen molar-refractivity contribution in [3.05, 3.63) is 23.8 Å². The molecule has 0 spiro atoms. The van der Waals surface area contributed by atoms with E-state index in [9.17, 15) is 9.18 Å². The first-order valence-corrected chi connectivity index (χ1v) is 3.60. The van der Waals surface area contributed by atoms with Gasteiger partial charge in [-0.1, -0.05) is 0 Å². The van der Waals surface area contributed by atoms with E-state index in [0.717, 1.165) is 0 Å². The average molecular weight is 184 g/mol. The number of halogens is 1. The van der Waals surface area contributed by atoms with Gasteiger partial charge in [-0.15, -0.1) is 0 Å². The van der Waals surface area contributed by atoms with Crippen LogP contribution in [0.25, 0.3) is 0 Å². The lowest BCUT2D eigenvalue weighted by molar-refractivity contribution is -0.139. The number of aromatic nitrogens is 1. The van der Waals surface area contributed by atoms with Gasteiger partial charge in [0.2, 0.25) is 5.95 Å². The van der Waals surface area contributed by atoms with Crippen molar-refractivity contribution < 1.29 is 13.9 Å². The number of ether oxygens (including phenoxy) is 1. The van der Waals surface area contributed by atoms with Crippen molar-refractivity contribution in [3.8, 4) is 0 Å². The van der Waals surface area contributed by atoms with E-state index in [2.05, 4.69) is 9.72 Å². The molecule has 13 heavy (non-hydrogen) atoms. The smallest absolute Gasteiger partial charge is 0.310 e. The van der Waals surface area contributed by atoms with E-state index in [0.29, 0.717) is 5.69 Å². The Morgan fingerprint density at radius 1 is 1.77 bits per heavy atom. The van der Waals surface area contributed by atoms with E-state index < -0.39 is 11.9 Å². The molecule has 1 aromatic rings. The molecule has 0 saturated carbocycles. The van der Waals surface area contributed by atoms with Crippen molar-refractivity contribution in [2.45, 2.75) is 6.42 Å². The minimum Gasteiger partial charge on any atom is -0.469 e. The first kappa shape index (κ1) is 9.44. The third kappa shape index (κ3) is 2.40. The first-order chi connectivity index (χ1) is 6.13. The molecule has 0 radical (unpaired) electrons. The molecule has 0 fully saturated rings. The van der Waals surface area contributed by atoms with Crippen LogP contribution in [0.2, 0.25) is 0 Å². The monoisotopic (exact) mass is 184 g/mol. The molecule has 0 unspecified atom stereocenters. The van der Waals surface area contributed by atoms with Gasteiger partial charge in [-0.05, 0) is 6.07 Å². The Labute approximate surface area is 74.5 Å². The summed E-state index contributed by atoms with van der Waals surface area (Å²) in [5.74, 6) is -1.22. The average Bonchev–Trinajstić information content (AvgIpc) is 2.11. The molecule has 0 aliphatic rings. The largest absolute Gasteiger partial charge is 0.469 e. The van der Waals surface area contributed by atoms with Crippen LogP contribution in [0.1, 0.15) is 5.56 Å². The van der Waals surface area contributed by atoms with Crippen molar-refractivity contribution in [2.75, 3.05) is 12.8 Å². The molecule has 0 aliphatic carbocycles. The number of nitrogens with two attached hydrogens (primary N) is 1. The topological polar surface area (TPSA) is 65.2 Å². The van der Waals surface area contributed by atoms with E-state index in [-0.39, 0.29) is 12.0 Å². The quantitative estimate of drug-likeness (QED) is 0.537. The summed E-state index contributed by atoms with van der Waals surface area (Å²) in [4.78, 5) is 14.2. The lowest BCUT2D eigenvalue weighted by Crippen LogP contribution is -2.07. The van der Waals surface area contributed by atoms with Crippen LogP contribution >= 0.6 is 0 Å². The number of rotatable bonds is 2. The molecule has 0 aliphatic heterocycles. The normalized spacial score (nSPS) is 9.69. The molecule has 1 aromatic heterocycles. The molecule has 1 rings (SSSR count). The highest BCUT2D eigenvalue weighted by Gasteiger charge is 2.09. The number of nitrogen functional groups attached to an aromatic ring is 1. The van der Waals surface area contributed by atoms with Gasteiger partial charge in [0, 0.05) is 5.56 Å². The predicted molar refractivity (Wildman–Crippen MR) is 44.3 cm³/mol. The highest BCUT2D eigenvalue weighted by Crippen LogP contribution is 2.09. The van der Waals surface area contributed by atoms with Gasteiger partial charge >= 0.3 is 5.97 Å². The SMILES string of the molecule is COC(=O)Cc1cc(N)cnc1F. The molecule has 0 atom stereocenters. The molecule has 0 bridgehead atoms. The number of hydrogen-bond acceptors (Lipinski definition) is 4. The Hall–Kier alpha value is -1.65. The van der Waals surface area contributed by atoms with Crippen LogP contribution in [-0.4, -0.2) is 18.1 Å². The Bertz CT molecular complexity index is 328. The minimum absolute atomic E-state index is 0.145. The minimum atomic E-state index is -0.695. The summed E-state index contributed by atoms with van der Waals surface area (Å²) in [5, 5.41) is 0. The molecule has 4 nitrogen and oxygen atoms in total. The summed E-state index contributed by atoms with van der Waals surface area (Å²) < 4.78 is 17.3. The number of hydrogen-bond donors (Lipinski definition) is 1. The van der Waals surface area contributed by atoms with Crippen LogP contribution in [-0.2, 0) is 16.0 Å². The van der Waals surface area contributed by atoms with Crippen LogP contribution < -0.4 is 5.73 Å². The second-order valence-corrected chi connectivity index (χ2v) is 2.47. The number of carbonyl (C=O) groups excluding carboxylic acids is 1. The van der Waals surface area contributed by atoms with Crippen molar-refractivity contribution in [1.82, 2.24) is 4.98 Å². The van der Waals surface area contributed by atoms with Gasteiger partial charge in [0.1, 0.15) is 0 Å². The lowest BCUT2D eigenvalue weighted by Gasteiger charge is -2.01. The zero-order valence-electron chi connectivity index (χ0n) is 7.08. The second-order valence-electron chi connectivity index (χ2n) is 2.47. The van der Waals surface area contributed by atoms with E-state index in [1.807, 2.05) is 0 Å². The highest BCUT2D eigenvalue weighted by atomic mass is 19.1. The first-order valence-electron chi connectivity index (χ1n) is 3.60. The Kier molecular flexibility index (Phi) is 2.79. The number of methoxy groups -OCH3 is 1. The lowest BCUT2D eigenvalue weighted by atomic mass is 10.2. The Morgan fingerprint density at radius 3 is 3.08 bits per heavy atom. The van der Waals surface area contributed by atoms with E-state index in [1.165, 1.54) is 19.4 Å². The molecule has 0 saturated heterocycles. The molecule has 70 valence electrons. The zero-order chi connectivity index (χ0) is 9.84. The molecular formula is C8H9FN2O2. The fraction of sp³-hybridized carbons (Fsp3) is 0.250. The number of anilines is 1. The van der Waals surface area contributed by atoms with Crippen molar-refractivity contribution in [3.63, 3.8) is 0 Å². The van der Waals surface area contributed by atoms with Gasteiger partial charge in [0.25, 0.3) is 0 Å². The summed E-state index contributed by atoms with van der Waals surface area (Å²) >= 11 is 0. The maximum absolute atomic E-state index is 12.9. The number of carbonyl (C=O) groups is 1. The highest BCUT2D eigenvalue weighted by molar-refractivity contribution is 5.72. The van der Waals surface area contributed by atoms with Crippen molar-refractivity contribution >= 4 is 11.7 Å². The Morgan fingerprint density at radius 2 is 2.46 bits per heavy atom. The predicted octanol–water partition coefficient (Wildman–Crippen LogP) is 0.518. The van der Waals surface area contributed by atoms with Gasteiger partial charge in [0.15, 0.2) is 0 Å². The number of esters is 1. The molecule has 1 heterocycles. The summed E-state index contributed by atoms with van der Waals surface area (Å²) in [6.07, 6.45) is 1.04. The van der Waals surface area contributed by atoms with Crippen LogP contribution in [0.5, 0.6) is 0 Å². The van der Waals surface area contributed by atoms with Crippen LogP contribution in [0.4, 0.5) is 10.1 Å². The zero-order valence-corrected chi connectivity index (χ0v) is 7.08. The molecule has 0 amide bonds. The summed E-state index contributed by atoms with van der Waals surface area (Å²) in [6, 6.07) is 1.36. The van der Waals surface area contributed by atoms with Crippen LogP contribution in [0.3, 0.4) is 0 Å². The van der Waals surface area contributed by atoms with Crippen LogP contribution in [0, 0.1) is 5.95 Å².